The molecule has 0 saturated heterocycles. The van der Waals surface area contributed by atoms with Gasteiger partial charge >= 0.3 is 11.9 Å². The van der Waals surface area contributed by atoms with Gasteiger partial charge in [0.15, 0.2) is 5.76 Å². The van der Waals surface area contributed by atoms with E-state index in [0.717, 1.165) is 44.8 Å². The summed E-state index contributed by atoms with van der Waals surface area (Å²) in [5.41, 5.74) is 9.80. The fraction of sp³-hybridized carbons (Fsp3) is 0.139. The molecule has 9 heteroatoms. The van der Waals surface area contributed by atoms with Gasteiger partial charge in [0, 0.05) is 45.8 Å². The fourth-order valence-electron chi connectivity index (χ4n) is 5.52. The second kappa shape index (κ2) is 12.4. The van der Waals surface area contributed by atoms with Crippen molar-refractivity contribution in [3.8, 4) is 11.4 Å². The first-order chi connectivity index (χ1) is 21.8. The number of aryl methyl sites for hydroxylation is 2. The van der Waals surface area contributed by atoms with E-state index in [4.69, 9.17) is 9.15 Å². The van der Waals surface area contributed by atoms with Crippen LogP contribution in [0.15, 0.2) is 107 Å². The molecule has 0 bridgehead atoms. The summed E-state index contributed by atoms with van der Waals surface area (Å²) in [4.78, 5) is 24.2. The lowest BCUT2D eigenvalue weighted by Gasteiger charge is -2.10. The first kappa shape index (κ1) is 29.3. The first-order valence-electron chi connectivity index (χ1n) is 14.5. The molecular formula is C36H32N4O5. The van der Waals surface area contributed by atoms with Crippen LogP contribution in [0.5, 0.6) is 5.75 Å². The highest BCUT2D eigenvalue weighted by atomic mass is 16.5. The van der Waals surface area contributed by atoms with E-state index in [0.29, 0.717) is 18.1 Å². The van der Waals surface area contributed by atoms with Gasteiger partial charge in [-0.15, -0.1) is 0 Å². The monoisotopic (exact) mass is 600 g/mol. The van der Waals surface area contributed by atoms with Crippen LogP contribution >= 0.6 is 0 Å². The molecule has 0 aliphatic rings. The minimum atomic E-state index is -0.963. The number of hydrazone groups is 1. The summed E-state index contributed by atoms with van der Waals surface area (Å²) >= 11 is 0. The summed E-state index contributed by atoms with van der Waals surface area (Å²) < 4.78 is 15.9. The number of nitrogens with one attached hydrogen (secondary N) is 1. The van der Waals surface area contributed by atoms with Crippen LogP contribution in [0, 0.1) is 20.8 Å². The Balaban J connectivity index is 1.10. The second-order valence-electron chi connectivity index (χ2n) is 10.8. The number of aromatic nitrogens is 2. The van der Waals surface area contributed by atoms with Crippen LogP contribution in [-0.4, -0.2) is 32.3 Å². The molecule has 0 saturated carbocycles. The molecule has 0 atom stereocenters. The van der Waals surface area contributed by atoms with Gasteiger partial charge in [0.1, 0.15) is 18.1 Å². The number of furan rings is 1. The van der Waals surface area contributed by atoms with Crippen molar-refractivity contribution in [1.29, 1.82) is 0 Å². The summed E-state index contributed by atoms with van der Waals surface area (Å²) in [6.45, 7) is 6.77. The largest absolute Gasteiger partial charge is 0.486 e. The zero-order valence-electron chi connectivity index (χ0n) is 25.2. The Kier molecular flexibility index (Phi) is 8.07. The van der Waals surface area contributed by atoms with Crippen LogP contribution < -0.4 is 10.2 Å². The molecule has 226 valence electrons. The number of carbonyl (C=O) groups excluding carboxylic acids is 1. The Labute approximate surface area is 260 Å². The van der Waals surface area contributed by atoms with Gasteiger partial charge in [-0.05, 0) is 93.1 Å². The molecule has 45 heavy (non-hydrogen) atoms. The highest BCUT2D eigenvalue weighted by molar-refractivity contribution is 6.02. The number of amides is 1. The number of benzene rings is 3. The van der Waals surface area contributed by atoms with E-state index in [-0.39, 0.29) is 17.9 Å². The molecule has 3 aromatic heterocycles. The number of para-hydroxylation sites is 1. The third kappa shape index (κ3) is 6.14. The summed E-state index contributed by atoms with van der Waals surface area (Å²) in [6, 6.07) is 30.1. The van der Waals surface area contributed by atoms with Crippen LogP contribution in [0.25, 0.3) is 16.6 Å². The number of carboxylic acid groups (broad SMARTS) is 1. The third-order valence-corrected chi connectivity index (χ3v) is 7.79. The molecule has 3 heterocycles. The van der Waals surface area contributed by atoms with Crippen molar-refractivity contribution in [3.05, 3.63) is 142 Å². The zero-order chi connectivity index (χ0) is 31.5. The van der Waals surface area contributed by atoms with Gasteiger partial charge in [-0.25, -0.2) is 10.2 Å². The average molecular weight is 601 g/mol. The SMILES string of the molecule is Cc1ccc(C)n1-c1ccc(OCc2ccc(C(=O)N/N=C/c3c(C)n(Cc4cccc(C(=O)O)c4)c4ccccc34)o2)cc1. The highest BCUT2D eigenvalue weighted by Gasteiger charge is 2.15. The van der Waals surface area contributed by atoms with Crippen LogP contribution in [0.4, 0.5) is 0 Å². The smallest absolute Gasteiger partial charge is 0.335 e. The minimum absolute atomic E-state index is 0.122. The summed E-state index contributed by atoms with van der Waals surface area (Å²) in [5.74, 6) is -0.119. The Morgan fingerprint density at radius 3 is 2.42 bits per heavy atom. The minimum Gasteiger partial charge on any atom is -0.486 e. The number of aromatic carboxylic acids is 1. The van der Waals surface area contributed by atoms with Gasteiger partial charge in [0.2, 0.25) is 0 Å². The third-order valence-electron chi connectivity index (χ3n) is 7.79. The van der Waals surface area contributed by atoms with E-state index < -0.39 is 11.9 Å². The molecule has 0 radical (unpaired) electrons. The van der Waals surface area contributed by atoms with Gasteiger partial charge in [-0.1, -0.05) is 30.3 Å². The van der Waals surface area contributed by atoms with Gasteiger partial charge in [0.05, 0.1) is 11.8 Å². The molecule has 1 amide bonds. The van der Waals surface area contributed by atoms with E-state index in [9.17, 15) is 14.7 Å². The lowest BCUT2D eigenvalue weighted by Crippen LogP contribution is -2.16. The number of ether oxygens (including phenoxy) is 1. The predicted octanol–water partition coefficient (Wildman–Crippen LogP) is 7.04. The van der Waals surface area contributed by atoms with E-state index in [1.54, 1.807) is 36.5 Å². The molecule has 2 N–H and O–H groups in total. The fourth-order valence-corrected chi connectivity index (χ4v) is 5.52. The van der Waals surface area contributed by atoms with Crippen LogP contribution in [0.1, 0.15) is 54.9 Å². The van der Waals surface area contributed by atoms with Crippen molar-refractivity contribution in [3.63, 3.8) is 0 Å². The number of fused-ring (bicyclic) bond motifs is 1. The summed E-state index contributed by atoms with van der Waals surface area (Å²) in [5, 5.41) is 14.6. The molecule has 0 fully saturated rings. The van der Waals surface area contributed by atoms with Crippen LogP contribution in [0.2, 0.25) is 0 Å². The average Bonchev–Trinajstić information content (AvgIpc) is 3.73. The molecule has 6 aromatic rings. The molecule has 6 rings (SSSR count). The highest BCUT2D eigenvalue weighted by Crippen LogP contribution is 2.26. The van der Waals surface area contributed by atoms with E-state index in [1.807, 2.05) is 61.5 Å². The van der Waals surface area contributed by atoms with E-state index in [2.05, 4.69) is 45.6 Å². The topological polar surface area (TPSA) is 111 Å². The number of hydrogen-bond acceptors (Lipinski definition) is 5. The molecule has 3 aromatic carbocycles. The predicted molar refractivity (Wildman–Crippen MR) is 173 cm³/mol. The maximum atomic E-state index is 12.8. The number of rotatable bonds is 10. The Bertz CT molecular complexity index is 2030. The molecule has 0 aliphatic carbocycles. The van der Waals surface area contributed by atoms with Crippen molar-refractivity contribution in [2.24, 2.45) is 5.10 Å². The number of carbonyl (C=O) groups is 2. The Hall–Kier alpha value is -5.83. The quantitative estimate of drug-likeness (QED) is 0.129. The van der Waals surface area contributed by atoms with Gasteiger partial charge in [0.25, 0.3) is 0 Å². The standard InChI is InChI=1S/C36H32N4O5/c1-23-11-12-24(2)40(23)28-13-15-29(16-14-28)44-22-30-17-18-34(45-30)35(41)38-37-20-32-25(3)39(33-10-5-4-9-31(32)33)21-26-7-6-8-27(19-26)36(42)43/h4-20H,21-22H2,1-3H3,(H,38,41)(H,42,43)/b37-20+. The second-order valence-corrected chi connectivity index (χ2v) is 10.8. The lowest BCUT2D eigenvalue weighted by atomic mass is 10.1. The summed E-state index contributed by atoms with van der Waals surface area (Å²) in [6.07, 6.45) is 1.62. The van der Waals surface area contributed by atoms with Crippen molar-refractivity contribution in [2.45, 2.75) is 33.9 Å². The Morgan fingerprint density at radius 2 is 1.67 bits per heavy atom. The van der Waals surface area contributed by atoms with Crippen LogP contribution in [-0.2, 0) is 13.2 Å². The van der Waals surface area contributed by atoms with Crippen molar-refractivity contribution in [1.82, 2.24) is 14.6 Å². The normalized spacial score (nSPS) is 11.4. The molecule has 0 aliphatic heterocycles. The first-order valence-corrected chi connectivity index (χ1v) is 14.5. The molecule has 0 unspecified atom stereocenters. The molecular weight excluding hydrogens is 568 g/mol. The van der Waals surface area contributed by atoms with Gasteiger partial charge in [-0.2, -0.15) is 5.10 Å². The van der Waals surface area contributed by atoms with E-state index >= 15 is 0 Å². The van der Waals surface area contributed by atoms with Gasteiger partial charge in [-0.3, -0.25) is 4.79 Å². The number of hydrogen-bond donors (Lipinski definition) is 2. The van der Waals surface area contributed by atoms with Crippen molar-refractivity contribution < 1.29 is 23.8 Å². The van der Waals surface area contributed by atoms with Crippen molar-refractivity contribution in [2.75, 3.05) is 0 Å². The maximum Gasteiger partial charge on any atom is 0.335 e. The van der Waals surface area contributed by atoms with E-state index in [1.165, 1.54) is 0 Å². The lowest BCUT2D eigenvalue weighted by molar-refractivity contribution is 0.0696. The Morgan fingerprint density at radius 1 is 0.911 bits per heavy atom. The molecule has 9 nitrogen and oxygen atoms in total. The zero-order valence-corrected chi connectivity index (χ0v) is 25.2. The van der Waals surface area contributed by atoms with Gasteiger partial charge < -0.3 is 23.4 Å². The molecule has 0 spiro atoms. The van der Waals surface area contributed by atoms with Crippen molar-refractivity contribution >= 4 is 29.0 Å². The number of nitrogens with zero attached hydrogens (tertiary/aromatic N) is 3. The summed E-state index contributed by atoms with van der Waals surface area (Å²) in [7, 11) is 0. The maximum absolute atomic E-state index is 12.8. The van der Waals surface area contributed by atoms with Crippen LogP contribution in [0.3, 0.4) is 0 Å². The number of carboxylic acids is 1.